The number of hydrogen-bond donors (Lipinski definition) is 1. The summed E-state index contributed by atoms with van der Waals surface area (Å²) in [5, 5.41) is 4.97. The van der Waals surface area contributed by atoms with Gasteiger partial charge in [0, 0.05) is 7.05 Å². The fourth-order valence-corrected chi connectivity index (χ4v) is 1.54. The summed E-state index contributed by atoms with van der Waals surface area (Å²) in [6, 6.07) is 0. The molecular weight excluding hydrogens is 288 g/mol. The Bertz CT molecular complexity index is 475. The summed E-state index contributed by atoms with van der Waals surface area (Å²) in [7, 11) is 1.71. The van der Waals surface area contributed by atoms with Crippen LogP contribution in [-0.2, 0) is 16.5 Å². The zero-order valence-electron chi connectivity index (χ0n) is 13.4. The highest BCUT2D eigenvalue weighted by molar-refractivity contribution is 5.90. The maximum atomic E-state index is 12.1. The van der Waals surface area contributed by atoms with Crippen molar-refractivity contribution in [2.75, 3.05) is 18.2 Å². The smallest absolute Gasteiger partial charge is 0.433 e. The van der Waals surface area contributed by atoms with Crippen molar-refractivity contribution < 1.29 is 19.1 Å². The predicted octanol–water partition coefficient (Wildman–Crippen LogP) is 2.60. The number of anilines is 1. The van der Waals surface area contributed by atoms with Crippen molar-refractivity contribution in [2.45, 2.75) is 39.5 Å². The van der Waals surface area contributed by atoms with Gasteiger partial charge in [-0.05, 0) is 12.8 Å². The number of ether oxygens (including phenoxy) is 2. The van der Waals surface area contributed by atoms with Crippen LogP contribution in [0.5, 0.6) is 0 Å². The lowest BCUT2D eigenvalue weighted by Gasteiger charge is -2.20. The van der Waals surface area contributed by atoms with E-state index >= 15 is 0 Å². The molecule has 0 fully saturated rings. The number of carbonyl (C=O) groups excluding carboxylic acids is 2. The monoisotopic (exact) mass is 312 g/mol. The molecule has 22 heavy (non-hydrogen) atoms. The molecular formula is C14H24N4O4. The van der Waals surface area contributed by atoms with Crippen molar-refractivity contribution in [2.24, 2.45) is 7.05 Å². The summed E-state index contributed by atoms with van der Waals surface area (Å²) in [5.41, 5.74) is 2.78. The van der Waals surface area contributed by atoms with Crippen molar-refractivity contribution >= 4 is 17.9 Å². The lowest BCUT2D eigenvalue weighted by Crippen LogP contribution is -2.47. The van der Waals surface area contributed by atoms with Crippen LogP contribution in [0.25, 0.3) is 0 Å². The highest BCUT2D eigenvalue weighted by atomic mass is 16.6. The van der Waals surface area contributed by atoms with Crippen molar-refractivity contribution in [1.82, 2.24) is 15.2 Å². The number of amides is 2. The number of aryl methyl sites for hydroxylation is 1. The van der Waals surface area contributed by atoms with Crippen molar-refractivity contribution in [3.8, 4) is 0 Å². The zero-order valence-corrected chi connectivity index (χ0v) is 13.4. The second-order valence-corrected chi connectivity index (χ2v) is 4.78. The van der Waals surface area contributed by atoms with Gasteiger partial charge >= 0.3 is 12.2 Å². The largest absolute Gasteiger partial charge is 0.448 e. The zero-order chi connectivity index (χ0) is 16.4. The van der Waals surface area contributed by atoms with E-state index in [1.807, 2.05) is 13.8 Å². The van der Waals surface area contributed by atoms with Crippen LogP contribution in [0.1, 0.15) is 39.5 Å². The van der Waals surface area contributed by atoms with E-state index in [9.17, 15) is 9.59 Å². The molecule has 0 aliphatic carbocycles. The predicted molar refractivity (Wildman–Crippen MR) is 81.3 cm³/mol. The standard InChI is InChI=1S/C14H24N4O4/c1-4-6-8-21-13(19)16-18(12-10-15-17(3)11-12)14(20)22-9-7-5-2/h10-11H,4-9H2,1-3H3,(H,16,19). The van der Waals surface area contributed by atoms with Crippen molar-refractivity contribution in [1.29, 1.82) is 0 Å². The van der Waals surface area contributed by atoms with Gasteiger partial charge in [-0.15, -0.1) is 0 Å². The molecule has 1 rings (SSSR count). The molecule has 8 heteroatoms. The van der Waals surface area contributed by atoms with Crippen LogP contribution in [0.15, 0.2) is 12.4 Å². The van der Waals surface area contributed by atoms with E-state index in [1.54, 1.807) is 13.2 Å². The summed E-state index contributed by atoms with van der Waals surface area (Å²) >= 11 is 0. The number of hydrogen-bond acceptors (Lipinski definition) is 5. The van der Waals surface area contributed by atoms with Gasteiger partial charge in [0.25, 0.3) is 0 Å². The molecule has 1 N–H and O–H groups in total. The topological polar surface area (TPSA) is 85.7 Å². The van der Waals surface area contributed by atoms with Crippen LogP contribution >= 0.6 is 0 Å². The van der Waals surface area contributed by atoms with Crippen molar-refractivity contribution in [3.05, 3.63) is 12.4 Å². The Labute approximate surface area is 130 Å². The molecule has 2 amide bonds. The van der Waals surface area contributed by atoms with E-state index in [0.717, 1.165) is 30.7 Å². The van der Waals surface area contributed by atoms with Crippen LogP contribution in [0, 0.1) is 0 Å². The van der Waals surface area contributed by atoms with E-state index in [1.165, 1.54) is 10.9 Å². The summed E-state index contributed by atoms with van der Waals surface area (Å²) in [6.45, 7) is 4.58. The minimum atomic E-state index is -0.704. The van der Waals surface area contributed by atoms with E-state index in [-0.39, 0.29) is 0 Å². The third kappa shape index (κ3) is 6.02. The lowest BCUT2D eigenvalue weighted by atomic mass is 10.4. The minimum Gasteiger partial charge on any atom is -0.448 e. The summed E-state index contributed by atoms with van der Waals surface area (Å²) < 4.78 is 11.6. The molecule has 1 aromatic rings. The maximum absolute atomic E-state index is 12.1. The van der Waals surface area contributed by atoms with Crippen LogP contribution < -0.4 is 10.4 Å². The Kier molecular flexibility index (Phi) is 7.80. The molecule has 1 aromatic heterocycles. The summed E-state index contributed by atoms with van der Waals surface area (Å²) in [6.07, 6.45) is 5.01. The molecule has 0 radical (unpaired) electrons. The molecule has 124 valence electrons. The van der Waals surface area contributed by atoms with Crippen LogP contribution in [0.2, 0.25) is 0 Å². The summed E-state index contributed by atoms with van der Waals surface area (Å²) in [5.74, 6) is 0. The fraction of sp³-hybridized carbons (Fsp3) is 0.643. The molecule has 0 aliphatic heterocycles. The quantitative estimate of drug-likeness (QED) is 0.618. The normalized spacial score (nSPS) is 10.1. The number of nitrogens with one attached hydrogen (secondary N) is 1. The van der Waals surface area contributed by atoms with Crippen molar-refractivity contribution in [3.63, 3.8) is 0 Å². The van der Waals surface area contributed by atoms with Crippen LogP contribution in [0.4, 0.5) is 15.3 Å². The van der Waals surface area contributed by atoms with E-state index in [4.69, 9.17) is 9.47 Å². The fourth-order valence-electron chi connectivity index (χ4n) is 1.54. The van der Waals surface area contributed by atoms with Gasteiger partial charge in [0.1, 0.15) is 5.69 Å². The van der Waals surface area contributed by atoms with E-state index < -0.39 is 12.2 Å². The first-order valence-corrected chi connectivity index (χ1v) is 7.47. The van der Waals surface area contributed by atoms with Gasteiger partial charge in [-0.3, -0.25) is 4.68 Å². The van der Waals surface area contributed by atoms with Gasteiger partial charge in [-0.25, -0.2) is 15.0 Å². The third-order valence-electron chi connectivity index (χ3n) is 2.79. The molecule has 0 atom stereocenters. The Balaban J connectivity index is 2.66. The van der Waals surface area contributed by atoms with Crippen LogP contribution in [0.3, 0.4) is 0 Å². The first-order valence-electron chi connectivity index (χ1n) is 7.47. The maximum Gasteiger partial charge on any atom is 0.433 e. The number of aromatic nitrogens is 2. The first-order chi connectivity index (χ1) is 10.6. The average molecular weight is 312 g/mol. The molecule has 0 unspecified atom stereocenters. The molecule has 0 saturated carbocycles. The Morgan fingerprint density at radius 3 is 2.41 bits per heavy atom. The van der Waals surface area contributed by atoms with E-state index in [2.05, 4.69) is 10.5 Å². The Morgan fingerprint density at radius 1 is 1.23 bits per heavy atom. The molecule has 0 bridgehead atoms. The number of rotatable bonds is 7. The molecule has 0 spiro atoms. The molecule has 0 saturated heterocycles. The van der Waals surface area contributed by atoms with Gasteiger partial charge in [-0.2, -0.15) is 10.1 Å². The summed E-state index contributed by atoms with van der Waals surface area (Å²) in [4.78, 5) is 23.8. The Hall–Kier alpha value is -2.25. The number of nitrogens with zero attached hydrogens (tertiary/aromatic N) is 3. The molecule has 0 aliphatic rings. The highest BCUT2D eigenvalue weighted by Crippen LogP contribution is 2.12. The van der Waals surface area contributed by atoms with Gasteiger partial charge in [0.05, 0.1) is 25.6 Å². The first kappa shape index (κ1) is 17.8. The van der Waals surface area contributed by atoms with Gasteiger partial charge < -0.3 is 9.47 Å². The SMILES string of the molecule is CCCCOC(=O)NN(C(=O)OCCCC)c1cnn(C)c1. The lowest BCUT2D eigenvalue weighted by molar-refractivity contribution is 0.131. The van der Waals surface area contributed by atoms with Crippen LogP contribution in [-0.4, -0.2) is 35.2 Å². The Morgan fingerprint density at radius 2 is 1.86 bits per heavy atom. The number of hydrazine groups is 1. The number of carbonyl (C=O) groups is 2. The molecule has 0 aromatic carbocycles. The molecule has 8 nitrogen and oxygen atoms in total. The minimum absolute atomic E-state index is 0.290. The second-order valence-electron chi connectivity index (χ2n) is 4.78. The van der Waals surface area contributed by atoms with Gasteiger partial charge in [0.2, 0.25) is 0 Å². The second kappa shape index (κ2) is 9.64. The average Bonchev–Trinajstić information content (AvgIpc) is 2.91. The van der Waals surface area contributed by atoms with Gasteiger partial charge in [0.15, 0.2) is 0 Å². The third-order valence-corrected chi connectivity index (χ3v) is 2.79. The van der Waals surface area contributed by atoms with Gasteiger partial charge in [-0.1, -0.05) is 26.7 Å². The highest BCUT2D eigenvalue weighted by Gasteiger charge is 2.21. The number of unbranched alkanes of at least 4 members (excludes halogenated alkanes) is 2. The van der Waals surface area contributed by atoms with E-state index in [0.29, 0.717) is 18.9 Å². The molecule has 1 heterocycles.